The summed E-state index contributed by atoms with van der Waals surface area (Å²) in [7, 11) is 2.98. The van der Waals surface area contributed by atoms with Crippen LogP contribution in [0.3, 0.4) is 0 Å². The minimum absolute atomic E-state index is 0.0641. The Balaban J connectivity index is 1.58. The van der Waals surface area contributed by atoms with Crippen molar-refractivity contribution in [2.45, 2.75) is 19.3 Å². The molecule has 1 N–H and O–H groups in total. The number of ether oxygens (including phenoxy) is 4. The summed E-state index contributed by atoms with van der Waals surface area (Å²) >= 11 is 0. The predicted molar refractivity (Wildman–Crippen MR) is 107 cm³/mol. The maximum absolute atomic E-state index is 13.6. The molecule has 0 fully saturated rings. The Morgan fingerprint density at radius 3 is 2.44 bits per heavy atom. The summed E-state index contributed by atoms with van der Waals surface area (Å²) < 4.78 is 62.9. The zero-order chi connectivity index (χ0) is 22.9. The van der Waals surface area contributed by atoms with Gasteiger partial charge in [-0.25, -0.2) is 4.98 Å². The monoisotopic (exact) mass is 451 g/mol. The van der Waals surface area contributed by atoms with Crippen molar-refractivity contribution in [3.8, 4) is 23.0 Å². The summed E-state index contributed by atoms with van der Waals surface area (Å²) in [4.78, 5) is 16.2. The highest BCUT2D eigenvalue weighted by molar-refractivity contribution is 5.84. The van der Waals surface area contributed by atoms with E-state index in [-0.39, 0.29) is 24.2 Å². The third-order valence-corrected chi connectivity index (χ3v) is 4.91. The average Bonchev–Trinajstić information content (AvgIpc) is 3.13. The summed E-state index contributed by atoms with van der Waals surface area (Å²) in [6, 6.07) is 7.87. The number of carbonyl (C=O) groups excluding carboxylic acids is 1. The number of nitrogens with one attached hydrogen (secondary N) is 1. The molecule has 1 aliphatic heterocycles. The smallest absolute Gasteiger partial charge is 0.449 e. The molecule has 3 aromatic rings. The first kappa shape index (κ1) is 21.6. The average molecular weight is 451 g/mol. The molecule has 0 saturated heterocycles. The normalized spacial score (nSPS) is 13.2. The maximum atomic E-state index is 13.6. The van der Waals surface area contributed by atoms with Crippen LogP contribution in [0.5, 0.6) is 23.0 Å². The number of aromatic nitrogens is 2. The lowest BCUT2D eigenvalue weighted by atomic mass is 10.2. The van der Waals surface area contributed by atoms with E-state index < -0.39 is 24.5 Å². The van der Waals surface area contributed by atoms with Gasteiger partial charge in [0, 0.05) is 18.7 Å². The molecule has 11 heteroatoms. The number of alkyl halides is 3. The van der Waals surface area contributed by atoms with Crippen molar-refractivity contribution in [1.82, 2.24) is 14.9 Å². The number of hydrogen-bond acceptors (Lipinski definition) is 6. The standard InChI is InChI=1S/C21H20F3N3O5/c1-29-15-4-3-12(7-16(15)30-2)10-25-19(28)11-27-14-9-18-17(31-5-6-32-18)8-13(14)26-20(27)21(22,23)24/h3-4,7-9H,5-6,10-11H2,1-2H3,(H,25,28). The molecule has 0 spiro atoms. The SMILES string of the molecule is COc1ccc(CNC(=O)Cn2c(C(F)(F)F)nc3cc4c(cc32)OCCO4)cc1OC. The van der Waals surface area contributed by atoms with Crippen molar-refractivity contribution in [2.75, 3.05) is 27.4 Å². The van der Waals surface area contributed by atoms with Gasteiger partial charge in [0.15, 0.2) is 23.0 Å². The molecule has 0 saturated carbocycles. The number of imidazole rings is 1. The largest absolute Gasteiger partial charge is 0.493 e. The molecule has 0 unspecified atom stereocenters. The number of amides is 1. The number of hydrogen-bond donors (Lipinski definition) is 1. The van der Waals surface area contributed by atoms with Crippen LogP contribution in [0.25, 0.3) is 11.0 Å². The highest BCUT2D eigenvalue weighted by Crippen LogP contribution is 2.38. The third kappa shape index (κ3) is 4.23. The molecular formula is C21H20F3N3O5. The molecule has 0 bridgehead atoms. The van der Waals surface area contributed by atoms with Gasteiger partial charge in [0.1, 0.15) is 19.8 Å². The van der Waals surface area contributed by atoms with Crippen LogP contribution in [0.15, 0.2) is 30.3 Å². The summed E-state index contributed by atoms with van der Waals surface area (Å²) in [6.45, 7) is 0.103. The first-order chi connectivity index (χ1) is 15.3. The molecule has 32 heavy (non-hydrogen) atoms. The summed E-state index contributed by atoms with van der Waals surface area (Å²) in [6.07, 6.45) is -4.75. The molecular weight excluding hydrogens is 431 g/mol. The van der Waals surface area contributed by atoms with Crippen LogP contribution in [-0.4, -0.2) is 42.9 Å². The number of carbonyl (C=O) groups is 1. The molecule has 0 aliphatic carbocycles. The van der Waals surface area contributed by atoms with Crippen LogP contribution < -0.4 is 24.3 Å². The Morgan fingerprint density at radius 2 is 1.78 bits per heavy atom. The van der Waals surface area contributed by atoms with E-state index in [0.29, 0.717) is 35.2 Å². The van der Waals surface area contributed by atoms with Gasteiger partial charge in [-0.2, -0.15) is 13.2 Å². The van der Waals surface area contributed by atoms with Gasteiger partial charge in [0.2, 0.25) is 11.7 Å². The quantitative estimate of drug-likeness (QED) is 0.620. The van der Waals surface area contributed by atoms with Gasteiger partial charge in [-0.05, 0) is 17.7 Å². The second-order valence-electron chi connectivity index (χ2n) is 6.97. The Labute approximate surface area is 180 Å². The Hall–Kier alpha value is -3.63. The molecule has 4 rings (SSSR count). The fraction of sp³-hybridized carbons (Fsp3) is 0.333. The van der Waals surface area contributed by atoms with E-state index in [0.717, 1.165) is 4.57 Å². The summed E-state index contributed by atoms with van der Waals surface area (Å²) in [5.41, 5.74) is 0.888. The van der Waals surface area contributed by atoms with Crippen molar-refractivity contribution in [3.63, 3.8) is 0 Å². The van der Waals surface area contributed by atoms with Gasteiger partial charge in [-0.1, -0.05) is 6.07 Å². The highest BCUT2D eigenvalue weighted by Gasteiger charge is 2.38. The third-order valence-electron chi connectivity index (χ3n) is 4.91. The van der Waals surface area contributed by atoms with Crippen LogP contribution in [-0.2, 0) is 24.1 Å². The molecule has 170 valence electrons. The zero-order valence-electron chi connectivity index (χ0n) is 17.3. The van der Waals surface area contributed by atoms with E-state index in [1.807, 2.05) is 0 Å². The lowest BCUT2D eigenvalue weighted by Crippen LogP contribution is -2.29. The maximum Gasteiger partial charge on any atom is 0.449 e. The molecule has 8 nitrogen and oxygen atoms in total. The van der Waals surface area contributed by atoms with Crippen LogP contribution in [0, 0.1) is 0 Å². The second-order valence-corrected chi connectivity index (χ2v) is 6.97. The summed E-state index contributed by atoms with van der Waals surface area (Å²) in [5.74, 6) is -0.150. The predicted octanol–water partition coefficient (Wildman–Crippen LogP) is 3.16. The fourth-order valence-corrected chi connectivity index (χ4v) is 3.43. The van der Waals surface area contributed by atoms with Crippen molar-refractivity contribution < 1.29 is 36.9 Å². The minimum Gasteiger partial charge on any atom is -0.493 e. The molecule has 2 aromatic carbocycles. The van der Waals surface area contributed by atoms with Gasteiger partial charge in [0.25, 0.3) is 0 Å². The first-order valence-corrected chi connectivity index (χ1v) is 9.65. The van der Waals surface area contributed by atoms with E-state index in [2.05, 4.69) is 10.3 Å². The minimum atomic E-state index is -4.75. The molecule has 0 atom stereocenters. The van der Waals surface area contributed by atoms with E-state index in [1.54, 1.807) is 18.2 Å². The first-order valence-electron chi connectivity index (χ1n) is 9.65. The van der Waals surface area contributed by atoms with Gasteiger partial charge in [0.05, 0.1) is 25.3 Å². The Kier molecular flexibility index (Phi) is 5.72. The van der Waals surface area contributed by atoms with Gasteiger partial charge < -0.3 is 28.8 Å². The molecule has 0 radical (unpaired) electrons. The van der Waals surface area contributed by atoms with E-state index in [4.69, 9.17) is 18.9 Å². The number of halogens is 3. The van der Waals surface area contributed by atoms with Crippen LogP contribution >= 0.6 is 0 Å². The van der Waals surface area contributed by atoms with Gasteiger partial charge >= 0.3 is 6.18 Å². The van der Waals surface area contributed by atoms with Crippen LogP contribution in [0.2, 0.25) is 0 Å². The lowest BCUT2D eigenvalue weighted by molar-refractivity contribution is -0.147. The number of rotatable bonds is 6. The number of nitrogens with zero attached hydrogens (tertiary/aromatic N) is 2. The highest BCUT2D eigenvalue weighted by atomic mass is 19.4. The fourth-order valence-electron chi connectivity index (χ4n) is 3.43. The molecule has 1 aliphatic rings. The molecule has 2 heterocycles. The van der Waals surface area contributed by atoms with Gasteiger partial charge in [-0.3, -0.25) is 4.79 Å². The van der Waals surface area contributed by atoms with E-state index >= 15 is 0 Å². The number of benzene rings is 2. The van der Waals surface area contributed by atoms with Gasteiger partial charge in [-0.15, -0.1) is 0 Å². The topological polar surface area (TPSA) is 83.8 Å². The van der Waals surface area contributed by atoms with Crippen molar-refractivity contribution in [3.05, 3.63) is 41.7 Å². The van der Waals surface area contributed by atoms with E-state index in [9.17, 15) is 18.0 Å². The summed E-state index contributed by atoms with van der Waals surface area (Å²) in [5, 5.41) is 2.62. The van der Waals surface area contributed by atoms with Crippen molar-refractivity contribution in [2.24, 2.45) is 0 Å². The number of fused-ring (bicyclic) bond motifs is 2. The van der Waals surface area contributed by atoms with Crippen molar-refractivity contribution in [1.29, 1.82) is 0 Å². The Morgan fingerprint density at radius 1 is 1.09 bits per heavy atom. The molecule has 1 amide bonds. The van der Waals surface area contributed by atoms with Crippen LogP contribution in [0.4, 0.5) is 13.2 Å². The number of methoxy groups -OCH3 is 2. The van der Waals surface area contributed by atoms with E-state index in [1.165, 1.54) is 26.4 Å². The Bertz CT molecular complexity index is 1160. The van der Waals surface area contributed by atoms with Crippen molar-refractivity contribution >= 4 is 16.9 Å². The zero-order valence-corrected chi connectivity index (χ0v) is 17.3. The van der Waals surface area contributed by atoms with Crippen LogP contribution in [0.1, 0.15) is 11.4 Å². The molecule has 1 aromatic heterocycles. The lowest BCUT2D eigenvalue weighted by Gasteiger charge is -2.18. The second kappa shape index (κ2) is 8.48.